The fourth-order valence-corrected chi connectivity index (χ4v) is 1.26. The molecule has 0 heterocycles. The fourth-order valence-electron chi connectivity index (χ4n) is 0.859. The summed E-state index contributed by atoms with van der Waals surface area (Å²) < 4.78 is 0.587. The van der Waals surface area contributed by atoms with Gasteiger partial charge in [0.05, 0.1) is 17.1 Å². The molecule has 0 spiro atoms. The van der Waals surface area contributed by atoms with Gasteiger partial charge in [-0.25, -0.2) is 0 Å². The molecule has 0 amide bonds. The zero-order valence-corrected chi connectivity index (χ0v) is 7.95. The largest absolute Gasteiger partial charge is 0.507 e. The highest BCUT2D eigenvalue weighted by Crippen LogP contribution is 2.26. The molecule has 0 bridgehead atoms. The van der Waals surface area contributed by atoms with Crippen LogP contribution >= 0.6 is 15.9 Å². The van der Waals surface area contributed by atoms with Crippen molar-refractivity contribution in [3.8, 4) is 5.75 Å². The number of phenolic OH excluding ortho intramolecular Hbond substituents is 1. The van der Waals surface area contributed by atoms with E-state index < -0.39 is 0 Å². The maximum atomic E-state index is 9.15. The van der Waals surface area contributed by atoms with Crippen molar-refractivity contribution in [1.29, 1.82) is 0 Å². The van der Waals surface area contributed by atoms with Crippen LogP contribution in [0.15, 0.2) is 22.7 Å². The standard InChI is InChI=1S/C8H10BrNO2/c9-6-3-5(7(10)4-11)1-2-8(6)12/h1-3,7,11-12H,4,10H2. The van der Waals surface area contributed by atoms with E-state index in [4.69, 9.17) is 15.9 Å². The third-order valence-corrected chi connectivity index (χ3v) is 2.23. The summed E-state index contributed by atoms with van der Waals surface area (Å²) in [6, 6.07) is 4.52. The molecule has 4 heteroatoms. The van der Waals surface area contributed by atoms with Gasteiger partial charge in [0.2, 0.25) is 0 Å². The number of hydrogen-bond acceptors (Lipinski definition) is 3. The average molecular weight is 232 g/mol. The summed E-state index contributed by atoms with van der Waals surface area (Å²) in [5, 5.41) is 17.9. The molecule has 3 nitrogen and oxygen atoms in total. The predicted octanol–water partition coefficient (Wildman–Crippen LogP) is 1.15. The van der Waals surface area contributed by atoms with Gasteiger partial charge in [-0.3, -0.25) is 0 Å². The van der Waals surface area contributed by atoms with E-state index in [-0.39, 0.29) is 18.4 Å². The van der Waals surface area contributed by atoms with Crippen molar-refractivity contribution >= 4 is 15.9 Å². The third-order valence-electron chi connectivity index (χ3n) is 1.60. The van der Waals surface area contributed by atoms with E-state index in [0.29, 0.717) is 4.47 Å². The predicted molar refractivity (Wildman–Crippen MR) is 49.8 cm³/mol. The molecule has 0 fully saturated rings. The summed E-state index contributed by atoms with van der Waals surface area (Å²) in [5.74, 6) is 0.170. The lowest BCUT2D eigenvalue weighted by molar-refractivity contribution is 0.268. The second-order valence-corrected chi connectivity index (χ2v) is 3.35. The van der Waals surface area contributed by atoms with Gasteiger partial charge in [-0.1, -0.05) is 6.07 Å². The van der Waals surface area contributed by atoms with Crippen LogP contribution in [-0.2, 0) is 0 Å². The Kier molecular flexibility index (Phi) is 3.08. The number of nitrogens with two attached hydrogens (primary N) is 1. The Balaban J connectivity index is 2.96. The highest BCUT2D eigenvalue weighted by molar-refractivity contribution is 9.10. The molecule has 1 aromatic carbocycles. The van der Waals surface area contributed by atoms with Crippen LogP contribution < -0.4 is 5.73 Å². The molecule has 4 N–H and O–H groups in total. The minimum absolute atomic E-state index is 0.1000. The van der Waals surface area contributed by atoms with Gasteiger partial charge in [0.25, 0.3) is 0 Å². The molecule has 1 atom stereocenters. The molecule has 0 aliphatic rings. The number of aromatic hydroxyl groups is 1. The monoisotopic (exact) mass is 231 g/mol. The Morgan fingerprint density at radius 3 is 2.67 bits per heavy atom. The molecule has 0 aliphatic carbocycles. The number of phenols is 1. The average Bonchev–Trinajstić information content (AvgIpc) is 2.08. The minimum Gasteiger partial charge on any atom is -0.507 e. The first kappa shape index (κ1) is 9.51. The molecule has 66 valence electrons. The van der Waals surface area contributed by atoms with Crippen molar-refractivity contribution in [2.75, 3.05) is 6.61 Å². The second-order valence-electron chi connectivity index (χ2n) is 2.50. The van der Waals surface area contributed by atoms with Gasteiger partial charge < -0.3 is 15.9 Å². The summed E-state index contributed by atoms with van der Waals surface area (Å²) in [5.41, 5.74) is 6.35. The highest BCUT2D eigenvalue weighted by Gasteiger charge is 2.05. The van der Waals surface area contributed by atoms with Crippen molar-refractivity contribution in [2.45, 2.75) is 6.04 Å². The number of benzene rings is 1. The quantitative estimate of drug-likeness (QED) is 0.716. The number of halogens is 1. The molecule has 12 heavy (non-hydrogen) atoms. The van der Waals surface area contributed by atoms with E-state index in [9.17, 15) is 0 Å². The molecule has 0 saturated carbocycles. The summed E-state index contributed by atoms with van der Waals surface area (Å²) in [7, 11) is 0. The third kappa shape index (κ3) is 1.97. The first-order valence-electron chi connectivity index (χ1n) is 3.50. The fraction of sp³-hybridized carbons (Fsp3) is 0.250. The number of rotatable bonds is 2. The lowest BCUT2D eigenvalue weighted by Gasteiger charge is -2.08. The number of aliphatic hydroxyl groups is 1. The highest BCUT2D eigenvalue weighted by atomic mass is 79.9. The van der Waals surface area contributed by atoms with Crippen LogP contribution in [0.4, 0.5) is 0 Å². The normalized spacial score (nSPS) is 12.9. The summed E-state index contributed by atoms with van der Waals surface area (Å²) in [6.07, 6.45) is 0. The molecule has 0 radical (unpaired) electrons. The van der Waals surface area contributed by atoms with Crippen LogP contribution in [-0.4, -0.2) is 16.8 Å². The molecule has 1 rings (SSSR count). The molecular weight excluding hydrogens is 222 g/mol. The van der Waals surface area contributed by atoms with E-state index in [1.54, 1.807) is 12.1 Å². The molecule has 1 unspecified atom stereocenters. The van der Waals surface area contributed by atoms with Gasteiger partial charge in [0.15, 0.2) is 0 Å². The molecular formula is C8H10BrNO2. The van der Waals surface area contributed by atoms with Crippen molar-refractivity contribution < 1.29 is 10.2 Å². The summed E-state index contributed by atoms with van der Waals surface area (Å²) in [6.45, 7) is -0.1000. The van der Waals surface area contributed by atoms with Gasteiger partial charge in [-0.05, 0) is 33.6 Å². The topological polar surface area (TPSA) is 66.5 Å². The summed E-state index contributed by atoms with van der Waals surface area (Å²) >= 11 is 3.16. The van der Waals surface area contributed by atoms with Crippen LogP contribution in [0.5, 0.6) is 5.75 Å². The number of aliphatic hydroxyl groups excluding tert-OH is 1. The minimum atomic E-state index is -0.387. The Labute approximate surface area is 79.0 Å². The Morgan fingerprint density at radius 2 is 2.17 bits per heavy atom. The van der Waals surface area contributed by atoms with Crippen molar-refractivity contribution in [1.82, 2.24) is 0 Å². The molecule has 0 saturated heterocycles. The van der Waals surface area contributed by atoms with E-state index in [0.717, 1.165) is 5.56 Å². The van der Waals surface area contributed by atoms with E-state index in [1.807, 2.05) is 0 Å². The van der Waals surface area contributed by atoms with Crippen LogP contribution in [0.1, 0.15) is 11.6 Å². The molecule has 1 aromatic rings. The Bertz CT molecular complexity index is 278. The van der Waals surface area contributed by atoms with Gasteiger partial charge in [0.1, 0.15) is 5.75 Å². The smallest absolute Gasteiger partial charge is 0.129 e. The second kappa shape index (κ2) is 3.89. The lowest BCUT2D eigenvalue weighted by Crippen LogP contribution is -2.14. The maximum absolute atomic E-state index is 9.15. The van der Waals surface area contributed by atoms with Crippen LogP contribution in [0.25, 0.3) is 0 Å². The van der Waals surface area contributed by atoms with Gasteiger partial charge in [-0.2, -0.15) is 0 Å². The van der Waals surface area contributed by atoms with Gasteiger partial charge >= 0.3 is 0 Å². The van der Waals surface area contributed by atoms with Crippen molar-refractivity contribution in [3.05, 3.63) is 28.2 Å². The Morgan fingerprint density at radius 1 is 1.50 bits per heavy atom. The SMILES string of the molecule is NC(CO)c1ccc(O)c(Br)c1. The molecule has 0 aromatic heterocycles. The molecule has 0 aliphatic heterocycles. The maximum Gasteiger partial charge on any atom is 0.129 e. The van der Waals surface area contributed by atoms with Crippen LogP contribution in [0, 0.1) is 0 Å². The van der Waals surface area contributed by atoms with E-state index in [2.05, 4.69) is 15.9 Å². The van der Waals surface area contributed by atoms with Crippen LogP contribution in [0.3, 0.4) is 0 Å². The Hall–Kier alpha value is -0.580. The summed E-state index contributed by atoms with van der Waals surface area (Å²) in [4.78, 5) is 0. The first-order valence-corrected chi connectivity index (χ1v) is 4.29. The lowest BCUT2D eigenvalue weighted by atomic mass is 10.1. The van der Waals surface area contributed by atoms with Crippen LogP contribution in [0.2, 0.25) is 0 Å². The van der Waals surface area contributed by atoms with Crippen molar-refractivity contribution in [3.63, 3.8) is 0 Å². The zero-order valence-electron chi connectivity index (χ0n) is 6.37. The zero-order chi connectivity index (χ0) is 9.14. The van der Waals surface area contributed by atoms with Gasteiger partial charge in [0, 0.05) is 0 Å². The first-order chi connectivity index (χ1) is 5.65. The van der Waals surface area contributed by atoms with E-state index >= 15 is 0 Å². The van der Waals surface area contributed by atoms with Crippen molar-refractivity contribution in [2.24, 2.45) is 5.73 Å². The van der Waals surface area contributed by atoms with Gasteiger partial charge in [-0.15, -0.1) is 0 Å². The number of hydrogen-bond donors (Lipinski definition) is 3. The van der Waals surface area contributed by atoms with E-state index in [1.165, 1.54) is 6.07 Å².